The van der Waals surface area contributed by atoms with Crippen LogP contribution in [0.4, 0.5) is 16.2 Å². The molecule has 2 atom stereocenters. The first-order valence-corrected chi connectivity index (χ1v) is 24.2. The van der Waals surface area contributed by atoms with Gasteiger partial charge >= 0.3 is 0 Å². The number of benzene rings is 1. The van der Waals surface area contributed by atoms with Crippen molar-refractivity contribution in [3.8, 4) is 21.8 Å². The van der Waals surface area contributed by atoms with Crippen LogP contribution in [0.1, 0.15) is 97.9 Å². The zero-order chi connectivity index (χ0) is 44.4. The molecule has 334 valence electrons. The first kappa shape index (κ1) is 44.2. The number of nitrogens with one attached hydrogen (secondary N) is 2. The van der Waals surface area contributed by atoms with E-state index < -0.39 is 21.1 Å². The van der Waals surface area contributed by atoms with Gasteiger partial charge in [-0.25, -0.2) is 37.9 Å². The number of anilines is 2. The molecule has 63 heavy (non-hydrogen) atoms. The maximum absolute atomic E-state index is 16.4. The van der Waals surface area contributed by atoms with Gasteiger partial charge in [-0.1, -0.05) is 25.1 Å². The van der Waals surface area contributed by atoms with Crippen molar-refractivity contribution >= 4 is 56.8 Å². The Hall–Kier alpha value is -5.40. The van der Waals surface area contributed by atoms with E-state index in [-0.39, 0.29) is 64.8 Å². The number of hydrogen-bond acceptors (Lipinski definition) is 13. The zero-order valence-electron chi connectivity index (χ0n) is 35.5. The Balaban J connectivity index is 0.859. The maximum atomic E-state index is 16.4. The SMILES string of the molecule is CCC(c1cccc(-c2nc(C3CCN(C(=O)C4CCN(C(=O)C5CCN(c6ccc(C7CCC(=O)NC7=O)cn6)CC5)CC4)CC3)sc2-c2ccnc(NC)n2)c1F)S(N)(=O)=O. The fourth-order valence-corrected chi connectivity index (χ4v) is 11.7. The molecule has 8 rings (SSSR count). The second kappa shape index (κ2) is 18.8. The number of carbonyl (C=O) groups excluding carboxylic acids is 4. The quantitative estimate of drug-likeness (QED) is 0.170. The maximum Gasteiger partial charge on any atom is 0.234 e. The smallest absolute Gasteiger partial charge is 0.234 e. The van der Waals surface area contributed by atoms with E-state index in [0.717, 1.165) is 16.4 Å². The van der Waals surface area contributed by atoms with Crippen molar-refractivity contribution < 1.29 is 32.0 Å². The summed E-state index contributed by atoms with van der Waals surface area (Å²) in [5.41, 5.74) is 1.85. The van der Waals surface area contributed by atoms with Gasteiger partial charge in [0.1, 0.15) is 16.9 Å². The number of imide groups is 1. The lowest BCUT2D eigenvalue weighted by Gasteiger charge is -2.39. The molecule has 4 aliphatic rings. The van der Waals surface area contributed by atoms with Gasteiger partial charge < -0.3 is 20.0 Å². The standard InChI is InChI=1S/C44H53FN10O6S2/c1-3-34(63(46,60)61)31-5-4-6-32(37(31)45)38-39(33-11-18-48-44(47-2)50-33)62-41(52-38)26-12-21-54(22-13-26)43(59)28-16-23-55(24-17-28)42(58)27-14-19-53(20-15-27)35-9-7-29(25-49-35)30-8-10-36(56)51-40(30)57/h4-7,9,11,18,25-28,30,34H,3,8,10,12-17,19-24H2,1-2H3,(H2,46,60,61)(H,47,48,50)(H,51,56,57). The Morgan fingerprint density at radius 1 is 0.905 bits per heavy atom. The average molecular weight is 901 g/mol. The van der Waals surface area contributed by atoms with Crippen molar-refractivity contribution in [1.82, 2.24) is 35.1 Å². The lowest BCUT2D eigenvalue weighted by molar-refractivity contribution is -0.143. The van der Waals surface area contributed by atoms with Crippen molar-refractivity contribution in [2.75, 3.05) is 56.5 Å². The van der Waals surface area contributed by atoms with Crippen LogP contribution in [-0.2, 0) is 29.2 Å². The molecule has 4 N–H and O–H groups in total. The summed E-state index contributed by atoms with van der Waals surface area (Å²) in [5, 5.41) is 10.4. The molecule has 0 bridgehead atoms. The zero-order valence-corrected chi connectivity index (χ0v) is 37.1. The molecular weight excluding hydrogens is 848 g/mol. The van der Waals surface area contributed by atoms with E-state index in [2.05, 4.69) is 30.5 Å². The third-order valence-electron chi connectivity index (χ3n) is 13.0. The molecule has 7 heterocycles. The number of thiazole rings is 1. The van der Waals surface area contributed by atoms with E-state index in [1.807, 2.05) is 21.9 Å². The highest BCUT2D eigenvalue weighted by Crippen LogP contribution is 2.43. The molecule has 4 amide bonds. The van der Waals surface area contributed by atoms with E-state index in [0.29, 0.717) is 113 Å². The van der Waals surface area contributed by atoms with Gasteiger partial charge in [0.2, 0.25) is 39.6 Å². The molecule has 0 saturated carbocycles. The number of pyridine rings is 1. The number of rotatable bonds is 11. The largest absolute Gasteiger partial charge is 0.357 e. The van der Waals surface area contributed by atoms with Crippen LogP contribution in [0.5, 0.6) is 0 Å². The molecule has 0 radical (unpaired) electrons. The van der Waals surface area contributed by atoms with Gasteiger partial charge in [0.25, 0.3) is 0 Å². The molecule has 4 aromatic rings. The number of likely N-dealkylation sites (tertiary alicyclic amines) is 2. The monoisotopic (exact) mass is 900 g/mol. The van der Waals surface area contributed by atoms with Crippen LogP contribution >= 0.6 is 11.3 Å². The Kier molecular flexibility index (Phi) is 13.2. The summed E-state index contributed by atoms with van der Waals surface area (Å²) >= 11 is 1.42. The summed E-state index contributed by atoms with van der Waals surface area (Å²) in [6.07, 6.45) is 8.22. The second-order valence-electron chi connectivity index (χ2n) is 16.9. The van der Waals surface area contributed by atoms with Crippen LogP contribution in [0.25, 0.3) is 21.8 Å². The fraction of sp³-hybridized carbons (Fsp3) is 0.500. The van der Waals surface area contributed by atoms with Crippen molar-refractivity contribution in [2.45, 2.75) is 81.8 Å². The number of nitrogens with zero attached hydrogens (tertiary/aromatic N) is 7. The molecule has 0 aliphatic carbocycles. The van der Waals surface area contributed by atoms with Crippen LogP contribution in [0.15, 0.2) is 48.8 Å². The molecule has 4 fully saturated rings. The van der Waals surface area contributed by atoms with Gasteiger partial charge in [0, 0.05) is 94.0 Å². The summed E-state index contributed by atoms with van der Waals surface area (Å²) in [6, 6.07) is 10.2. The third-order valence-corrected chi connectivity index (χ3v) is 15.7. The van der Waals surface area contributed by atoms with Gasteiger partial charge in [0.05, 0.1) is 27.2 Å². The molecule has 0 spiro atoms. The topological polar surface area (TPSA) is 214 Å². The first-order chi connectivity index (χ1) is 30.3. The van der Waals surface area contributed by atoms with Crippen molar-refractivity contribution in [2.24, 2.45) is 17.0 Å². The Labute approximate surface area is 370 Å². The van der Waals surface area contributed by atoms with Crippen LogP contribution in [-0.4, -0.2) is 108 Å². The van der Waals surface area contributed by atoms with Crippen LogP contribution in [0, 0.1) is 17.7 Å². The Bertz CT molecular complexity index is 2460. The molecule has 4 saturated heterocycles. The Morgan fingerprint density at radius 2 is 1.57 bits per heavy atom. The Morgan fingerprint density at radius 3 is 2.17 bits per heavy atom. The number of carbonyl (C=O) groups is 4. The highest BCUT2D eigenvalue weighted by atomic mass is 32.2. The highest BCUT2D eigenvalue weighted by molar-refractivity contribution is 7.89. The number of sulfonamides is 1. The summed E-state index contributed by atoms with van der Waals surface area (Å²) < 4.78 is 41.2. The molecule has 3 aromatic heterocycles. The fourth-order valence-electron chi connectivity index (χ4n) is 9.45. The lowest BCUT2D eigenvalue weighted by Crippen LogP contribution is -2.48. The number of halogens is 1. The average Bonchev–Trinajstić information content (AvgIpc) is 3.75. The molecule has 16 nitrogen and oxygen atoms in total. The molecular formula is C44H53FN10O6S2. The van der Waals surface area contributed by atoms with Gasteiger partial charge in [0.15, 0.2) is 0 Å². The second-order valence-corrected chi connectivity index (χ2v) is 19.6. The van der Waals surface area contributed by atoms with E-state index in [9.17, 15) is 27.6 Å². The number of hydrogen-bond donors (Lipinski definition) is 3. The summed E-state index contributed by atoms with van der Waals surface area (Å²) in [7, 11) is -2.37. The molecule has 19 heteroatoms. The van der Waals surface area contributed by atoms with Gasteiger partial charge in [-0.05, 0) is 75.1 Å². The first-order valence-electron chi connectivity index (χ1n) is 21.8. The third kappa shape index (κ3) is 9.45. The van der Waals surface area contributed by atoms with Crippen LogP contribution in [0.3, 0.4) is 0 Å². The predicted octanol–water partition coefficient (Wildman–Crippen LogP) is 4.96. The molecule has 1 aromatic carbocycles. The normalized spacial score (nSPS) is 20.1. The summed E-state index contributed by atoms with van der Waals surface area (Å²) in [5.74, 6) is -0.375. The van der Waals surface area contributed by atoms with E-state index >= 15 is 4.39 Å². The lowest BCUT2D eigenvalue weighted by atomic mass is 9.90. The molecule has 2 unspecified atom stereocenters. The summed E-state index contributed by atoms with van der Waals surface area (Å²) in [6.45, 7) is 5.23. The highest BCUT2D eigenvalue weighted by Gasteiger charge is 2.37. The van der Waals surface area contributed by atoms with Gasteiger partial charge in [-0.3, -0.25) is 24.5 Å². The number of aromatic nitrogens is 4. The number of nitrogens with two attached hydrogens (primary N) is 1. The van der Waals surface area contributed by atoms with Crippen molar-refractivity contribution in [3.63, 3.8) is 0 Å². The van der Waals surface area contributed by atoms with E-state index in [4.69, 9.17) is 10.1 Å². The van der Waals surface area contributed by atoms with Gasteiger partial charge in [-0.15, -0.1) is 11.3 Å². The summed E-state index contributed by atoms with van der Waals surface area (Å²) in [4.78, 5) is 76.4. The van der Waals surface area contributed by atoms with Crippen LogP contribution < -0.4 is 20.7 Å². The minimum atomic E-state index is -4.07. The predicted molar refractivity (Wildman–Crippen MR) is 236 cm³/mol. The van der Waals surface area contributed by atoms with Crippen molar-refractivity contribution in [3.05, 3.63) is 70.7 Å². The minimum absolute atomic E-state index is 0.00807. The van der Waals surface area contributed by atoms with Crippen LogP contribution in [0.2, 0.25) is 0 Å². The van der Waals surface area contributed by atoms with Crippen molar-refractivity contribution in [1.29, 1.82) is 0 Å². The van der Waals surface area contributed by atoms with E-state index in [1.54, 1.807) is 44.6 Å². The molecule has 4 aliphatic heterocycles. The van der Waals surface area contributed by atoms with E-state index in [1.165, 1.54) is 17.4 Å². The number of amides is 4. The van der Waals surface area contributed by atoms with Gasteiger partial charge in [-0.2, -0.15) is 0 Å². The number of primary sulfonamides is 1. The minimum Gasteiger partial charge on any atom is -0.357 e. The number of piperidine rings is 4.